The maximum Gasteiger partial charge on any atom is 0.242 e. The van der Waals surface area contributed by atoms with Gasteiger partial charge in [-0.2, -0.15) is 0 Å². The van der Waals surface area contributed by atoms with Crippen LogP contribution in [0.1, 0.15) is 19.8 Å². The van der Waals surface area contributed by atoms with E-state index in [2.05, 4.69) is 30.2 Å². The van der Waals surface area contributed by atoms with Crippen LogP contribution in [-0.2, 0) is 10.0 Å². The predicted molar refractivity (Wildman–Crippen MR) is 120 cm³/mol. The summed E-state index contributed by atoms with van der Waals surface area (Å²) in [6.45, 7) is 4.74. The van der Waals surface area contributed by atoms with E-state index in [9.17, 15) is 12.8 Å². The van der Waals surface area contributed by atoms with Crippen molar-refractivity contribution in [2.75, 3.05) is 37.6 Å². The summed E-state index contributed by atoms with van der Waals surface area (Å²) >= 11 is 0. The average molecular weight is 449 g/mol. The maximum atomic E-state index is 13.6. The first kappa shape index (κ1) is 23.0. The largest absolute Gasteiger partial charge is 0.369 e. The minimum atomic E-state index is -3.60. The highest BCUT2D eigenvalue weighted by atomic mass is 32.2. The van der Waals surface area contributed by atoms with Crippen LogP contribution < -0.4 is 20.3 Å². The zero-order valence-corrected chi connectivity index (χ0v) is 18.4. The Morgan fingerprint density at radius 1 is 1.32 bits per heavy atom. The number of aliphatic imine (C=N–C) groups is 1. The fourth-order valence-corrected chi connectivity index (χ4v) is 4.44. The number of aromatic nitrogens is 1. The van der Waals surface area contributed by atoms with Crippen LogP contribution in [0.3, 0.4) is 0 Å². The van der Waals surface area contributed by atoms with E-state index in [1.807, 2.05) is 13.0 Å². The Labute approximate surface area is 183 Å². The lowest BCUT2D eigenvalue weighted by molar-refractivity contribution is 0.467. The van der Waals surface area contributed by atoms with Crippen molar-refractivity contribution in [2.45, 2.75) is 30.7 Å². The van der Waals surface area contributed by atoms with Crippen LogP contribution in [-0.4, -0.2) is 58.1 Å². The van der Waals surface area contributed by atoms with Gasteiger partial charge in [0.2, 0.25) is 10.0 Å². The van der Waals surface area contributed by atoms with E-state index in [0.717, 1.165) is 31.6 Å². The Hall–Kier alpha value is -2.72. The molecule has 1 aliphatic rings. The molecule has 3 N–H and O–H groups in total. The van der Waals surface area contributed by atoms with E-state index >= 15 is 0 Å². The first-order chi connectivity index (χ1) is 15.0. The number of nitrogens with zero attached hydrogens (tertiary/aromatic N) is 3. The number of halogens is 1. The van der Waals surface area contributed by atoms with Crippen LogP contribution in [0, 0.1) is 5.82 Å². The number of hydrogen-bond donors (Lipinski definition) is 3. The first-order valence-corrected chi connectivity index (χ1v) is 11.9. The summed E-state index contributed by atoms with van der Waals surface area (Å²) in [4.78, 5) is 10.6. The first-order valence-electron chi connectivity index (χ1n) is 10.4. The Balaban J connectivity index is 1.54. The molecule has 0 radical (unpaired) electrons. The molecule has 1 aromatic carbocycles. The molecule has 3 rings (SSSR count). The molecule has 1 unspecified atom stereocenters. The van der Waals surface area contributed by atoms with Crippen LogP contribution in [0.5, 0.6) is 0 Å². The third kappa shape index (κ3) is 6.90. The molecule has 10 heteroatoms. The number of guanidine groups is 1. The molecule has 1 fully saturated rings. The van der Waals surface area contributed by atoms with Gasteiger partial charge in [-0.1, -0.05) is 6.07 Å². The van der Waals surface area contributed by atoms with Crippen molar-refractivity contribution in [1.82, 2.24) is 20.3 Å². The summed E-state index contributed by atoms with van der Waals surface area (Å²) in [7, 11) is -3.60. The molecular weight excluding hydrogens is 419 g/mol. The molecule has 0 aliphatic carbocycles. The predicted octanol–water partition coefficient (Wildman–Crippen LogP) is 1.72. The molecule has 0 amide bonds. The summed E-state index contributed by atoms with van der Waals surface area (Å²) in [6, 6.07) is 9.87. The summed E-state index contributed by atoms with van der Waals surface area (Å²) in [5.74, 6) is 0.394. The Morgan fingerprint density at radius 3 is 2.94 bits per heavy atom. The molecule has 8 nitrogen and oxygen atoms in total. The van der Waals surface area contributed by atoms with Crippen LogP contribution in [0.15, 0.2) is 58.7 Å². The van der Waals surface area contributed by atoms with Crippen molar-refractivity contribution in [3.05, 3.63) is 54.6 Å². The Bertz CT molecular complexity index is 971. The maximum absolute atomic E-state index is 13.6. The summed E-state index contributed by atoms with van der Waals surface area (Å²) in [6.07, 6.45) is 4.80. The number of anilines is 1. The normalized spacial score (nSPS) is 17.4. The highest BCUT2D eigenvalue weighted by Crippen LogP contribution is 2.20. The molecule has 1 atom stereocenters. The van der Waals surface area contributed by atoms with Gasteiger partial charge in [0.15, 0.2) is 5.96 Å². The molecule has 0 bridgehead atoms. The topological polar surface area (TPSA) is 98.7 Å². The second kappa shape index (κ2) is 11.1. The quantitative estimate of drug-likeness (QED) is 0.323. The molecule has 1 aliphatic heterocycles. The Morgan fingerprint density at radius 2 is 2.19 bits per heavy atom. The summed E-state index contributed by atoms with van der Waals surface area (Å²) < 4.78 is 40.6. The van der Waals surface area contributed by atoms with Gasteiger partial charge in [0.05, 0.1) is 6.54 Å². The number of rotatable bonds is 8. The third-order valence-corrected chi connectivity index (χ3v) is 6.34. The van der Waals surface area contributed by atoms with Crippen molar-refractivity contribution in [3.63, 3.8) is 0 Å². The number of hydrogen-bond acceptors (Lipinski definition) is 5. The number of benzene rings is 1. The van der Waals surface area contributed by atoms with Gasteiger partial charge in [0, 0.05) is 50.3 Å². The lowest BCUT2D eigenvalue weighted by atomic mass is 10.0. The Kier molecular flexibility index (Phi) is 8.19. The highest BCUT2D eigenvalue weighted by Gasteiger charge is 2.21. The second-order valence-electron chi connectivity index (χ2n) is 7.26. The number of pyridine rings is 1. The van der Waals surface area contributed by atoms with E-state index in [1.165, 1.54) is 24.5 Å². The van der Waals surface area contributed by atoms with Crippen molar-refractivity contribution in [3.8, 4) is 0 Å². The monoisotopic (exact) mass is 448 g/mol. The second-order valence-corrected chi connectivity index (χ2v) is 9.02. The van der Waals surface area contributed by atoms with Gasteiger partial charge < -0.3 is 15.5 Å². The molecule has 0 saturated carbocycles. The summed E-state index contributed by atoms with van der Waals surface area (Å²) in [5.41, 5.74) is 0.873. The van der Waals surface area contributed by atoms with Crippen molar-refractivity contribution >= 4 is 21.7 Å². The van der Waals surface area contributed by atoms with Gasteiger partial charge in [-0.15, -0.1) is 0 Å². The zero-order chi connectivity index (χ0) is 22.1. The van der Waals surface area contributed by atoms with E-state index in [4.69, 9.17) is 0 Å². The van der Waals surface area contributed by atoms with Crippen molar-refractivity contribution in [2.24, 2.45) is 4.99 Å². The lowest BCUT2D eigenvalue weighted by Gasteiger charge is -2.35. The molecule has 1 aromatic heterocycles. The highest BCUT2D eigenvalue weighted by molar-refractivity contribution is 7.89. The van der Waals surface area contributed by atoms with Gasteiger partial charge in [-0.25, -0.2) is 17.5 Å². The number of sulfonamides is 1. The molecule has 168 valence electrons. The van der Waals surface area contributed by atoms with Crippen LogP contribution in [0.25, 0.3) is 0 Å². The van der Waals surface area contributed by atoms with Gasteiger partial charge in [0.25, 0.3) is 0 Å². The SMILES string of the molecule is CCNC(=NCCNS(=O)(=O)c1cccnc1)NC1CCCN(c2cccc(F)c2)C1. The summed E-state index contributed by atoms with van der Waals surface area (Å²) in [5, 5.41) is 6.61. The molecule has 2 aromatic rings. The van der Waals surface area contributed by atoms with E-state index < -0.39 is 10.0 Å². The lowest BCUT2D eigenvalue weighted by Crippen LogP contribution is -2.51. The average Bonchev–Trinajstić information content (AvgIpc) is 2.78. The van der Waals surface area contributed by atoms with Crippen LogP contribution in [0.2, 0.25) is 0 Å². The van der Waals surface area contributed by atoms with Crippen LogP contribution >= 0.6 is 0 Å². The molecule has 2 heterocycles. The minimum absolute atomic E-state index is 0.128. The minimum Gasteiger partial charge on any atom is -0.369 e. The standard InChI is InChI=1S/C21H29FN6O2S/c1-2-24-21(25-11-12-26-31(29,30)20-9-4-10-23-15-20)27-18-7-5-13-28(16-18)19-8-3-6-17(22)14-19/h3-4,6,8-10,14-15,18,26H,2,5,7,11-13,16H2,1H3,(H2,24,25,27). The molecule has 1 saturated heterocycles. The van der Waals surface area contributed by atoms with Gasteiger partial charge in [0.1, 0.15) is 10.7 Å². The number of nitrogens with one attached hydrogen (secondary N) is 3. The van der Waals surface area contributed by atoms with E-state index in [1.54, 1.807) is 18.2 Å². The van der Waals surface area contributed by atoms with E-state index in [-0.39, 0.29) is 29.8 Å². The van der Waals surface area contributed by atoms with Gasteiger partial charge in [-0.3, -0.25) is 9.98 Å². The van der Waals surface area contributed by atoms with Gasteiger partial charge in [-0.05, 0) is 50.1 Å². The zero-order valence-electron chi connectivity index (χ0n) is 17.6. The van der Waals surface area contributed by atoms with Crippen molar-refractivity contribution < 1.29 is 12.8 Å². The fourth-order valence-electron chi connectivity index (χ4n) is 3.45. The van der Waals surface area contributed by atoms with E-state index in [0.29, 0.717) is 12.5 Å². The molecule has 0 spiro atoms. The van der Waals surface area contributed by atoms with Gasteiger partial charge >= 0.3 is 0 Å². The fraction of sp³-hybridized carbons (Fsp3) is 0.429. The smallest absolute Gasteiger partial charge is 0.242 e. The van der Waals surface area contributed by atoms with Crippen molar-refractivity contribution in [1.29, 1.82) is 0 Å². The molecular formula is C21H29FN6O2S. The molecule has 31 heavy (non-hydrogen) atoms. The third-order valence-electron chi connectivity index (χ3n) is 4.90. The number of piperidine rings is 1. The van der Waals surface area contributed by atoms with Crippen LogP contribution in [0.4, 0.5) is 10.1 Å².